The van der Waals surface area contributed by atoms with Crippen LogP contribution in [0.1, 0.15) is 67.2 Å². The van der Waals surface area contributed by atoms with Gasteiger partial charge in [-0.05, 0) is 61.2 Å². The molecule has 0 radical (unpaired) electrons. The first-order valence-electron chi connectivity index (χ1n) is 7.63. The molecule has 2 saturated carbocycles. The van der Waals surface area contributed by atoms with Gasteiger partial charge in [0.1, 0.15) is 5.78 Å². The lowest BCUT2D eigenvalue weighted by atomic mass is 9.58. The molecule has 0 amide bonds. The van der Waals surface area contributed by atoms with Gasteiger partial charge in [-0.3, -0.25) is 4.79 Å². The third-order valence-corrected chi connectivity index (χ3v) is 5.98. The summed E-state index contributed by atoms with van der Waals surface area (Å²) in [5, 5.41) is 0. The van der Waals surface area contributed by atoms with E-state index in [9.17, 15) is 4.79 Å². The van der Waals surface area contributed by atoms with Crippen LogP contribution in [0.5, 0.6) is 0 Å². The maximum Gasteiger partial charge on any atom is 0.133 e. The van der Waals surface area contributed by atoms with Gasteiger partial charge in [-0.2, -0.15) is 0 Å². The van der Waals surface area contributed by atoms with Crippen molar-refractivity contribution >= 4 is 5.78 Å². The molecule has 2 aliphatic carbocycles. The van der Waals surface area contributed by atoms with Gasteiger partial charge in [0.2, 0.25) is 0 Å². The number of rotatable bonds is 1. The quantitative estimate of drug-likeness (QED) is 0.659. The lowest BCUT2D eigenvalue weighted by molar-refractivity contribution is -0.126. The van der Waals surface area contributed by atoms with E-state index in [2.05, 4.69) is 34.6 Å². The Hall–Kier alpha value is -0.330. The summed E-state index contributed by atoms with van der Waals surface area (Å²) in [5.74, 6) is 2.94. The maximum absolute atomic E-state index is 12.0. The van der Waals surface area contributed by atoms with Gasteiger partial charge in [0.15, 0.2) is 0 Å². The minimum atomic E-state index is 0.342. The lowest BCUT2D eigenvalue weighted by Gasteiger charge is -2.46. The van der Waals surface area contributed by atoms with E-state index >= 15 is 0 Å². The van der Waals surface area contributed by atoms with Gasteiger partial charge < -0.3 is 0 Å². The first kappa shape index (κ1) is 14.1. The highest BCUT2D eigenvalue weighted by molar-refractivity contribution is 5.78. The molecule has 0 spiro atoms. The summed E-state index contributed by atoms with van der Waals surface area (Å²) in [5.41, 5.74) is 0.791. The lowest BCUT2D eigenvalue weighted by Crippen LogP contribution is -2.41. The minimum Gasteiger partial charge on any atom is -0.300 e. The number of ketones is 1. The van der Waals surface area contributed by atoms with Crippen LogP contribution in [0.15, 0.2) is 0 Å². The molecule has 104 valence electrons. The number of carbonyl (C=O) groups is 1. The van der Waals surface area contributed by atoms with Crippen molar-refractivity contribution in [3.8, 4) is 0 Å². The Bertz CT molecular complexity index is 334. The molecule has 0 aromatic rings. The molecule has 0 aromatic carbocycles. The number of fused-ring (bicyclic) bond motifs is 1. The average molecular weight is 250 g/mol. The van der Waals surface area contributed by atoms with Gasteiger partial charge >= 0.3 is 0 Å². The van der Waals surface area contributed by atoms with E-state index in [1.165, 1.54) is 19.3 Å². The van der Waals surface area contributed by atoms with Crippen molar-refractivity contribution < 1.29 is 4.79 Å². The molecule has 2 fully saturated rings. The third kappa shape index (κ3) is 2.38. The predicted molar refractivity (Wildman–Crippen MR) is 76.3 cm³/mol. The molecule has 1 heteroatoms. The zero-order valence-corrected chi connectivity index (χ0v) is 13.0. The molecule has 2 aliphatic rings. The van der Waals surface area contributed by atoms with Crippen molar-refractivity contribution in [3.05, 3.63) is 0 Å². The van der Waals surface area contributed by atoms with E-state index in [1.54, 1.807) is 0 Å². The van der Waals surface area contributed by atoms with Gasteiger partial charge in [-0.1, -0.05) is 34.6 Å². The van der Waals surface area contributed by atoms with Crippen LogP contribution in [0.4, 0.5) is 0 Å². The van der Waals surface area contributed by atoms with Crippen molar-refractivity contribution in [3.63, 3.8) is 0 Å². The molecule has 4 atom stereocenters. The summed E-state index contributed by atoms with van der Waals surface area (Å²) < 4.78 is 0. The smallest absolute Gasteiger partial charge is 0.133 e. The van der Waals surface area contributed by atoms with Crippen molar-refractivity contribution in [1.82, 2.24) is 0 Å². The maximum atomic E-state index is 12.0. The van der Waals surface area contributed by atoms with Gasteiger partial charge in [-0.15, -0.1) is 0 Å². The van der Waals surface area contributed by atoms with Crippen LogP contribution in [0.3, 0.4) is 0 Å². The van der Waals surface area contributed by atoms with Gasteiger partial charge in [0.25, 0.3) is 0 Å². The summed E-state index contributed by atoms with van der Waals surface area (Å²) in [4.78, 5) is 12.0. The molecule has 2 rings (SSSR count). The Morgan fingerprint density at radius 2 is 1.78 bits per heavy atom. The van der Waals surface area contributed by atoms with E-state index < -0.39 is 0 Å². The Kier molecular flexibility index (Phi) is 3.41. The van der Waals surface area contributed by atoms with Gasteiger partial charge in [-0.25, -0.2) is 0 Å². The summed E-state index contributed by atoms with van der Waals surface area (Å²) >= 11 is 0. The summed E-state index contributed by atoms with van der Waals surface area (Å²) in [6, 6.07) is 0. The average Bonchev–Trinajstić information content (AvgIpc) is 2.52. The van der Waals surface area contributed by atoms with Crippen LogP contribution in [-0.4, -0.2) is 5.78 Å². The number of hydrogen-bond donors (Lipinski definition) is 0. The van der Waals surface area contributed by atoms with Crippen LogP contribution < -0.4 is 0 Å². The van der Waals surface area contributed by atoms with Crippen LogP contribution in [0, 0.1) is 34.5 Å². The monoisotopic (exact) mass is 250 g/mol. The molecule has 0 heterocycles. The van der Waals surface area contributed by atoms with Crippen molar-refractivity contribution in [2.45, 2.75) is 67.2 Å². The second kappa shape index (κ2) is 4.35. The Morgan fingerprint density at radius 3 is 2.28 bits per heavy atom. The molecule has 1 nitrogen and oxygen atoms in total. The number of hydrogen-bond acceptors (Lipinski definition) is 1. The fourth-order valence-corrected chi connectivity index (χ4v) is 4.54. The molecule has 0 N–H and O–H groups in total. The molecular formula is C17H30O. The highest BCUT2D eigenvalue weighted by Crippen LogP contribution is 2.58. The molecule has 0 aromatic heterocycles. The van der Waals surface area contributed by atoms with Crippen LogP contribution in [-0.2, 0) is 4.79 Å². The highest BCUT2D eigenvalue weighted by atomic mass is 16.1. The minimum absolute atomic E-state index is 0.342. The van der Waals surface area contributed by atoms with Crippen LogP contribution in [0.2, 0.25) is 0 Å². The van der Waals surface area contributed by atoms with Crippen molar-refractivity contribution in [1.29, 1.82) is 0 Å². The molecule has 4 unspecified atom stereocenters. The Morgan fingerprint density at radius 1 is 1.17 bits per heavy atom. The van der Waals surface area contributed by atoms with E-state index in [-0.39, 0.29) is 0 Å². The first-order chi connectivity index (χ1) is 8.13. The van der Waals surface area contributed by atoms with Gasteiger partial charge in [0, 0.05) is 5.92 Å². The summed E-state index contributed by atoms with van der Waals surface area (Å²) in [7, 11) is 0. The Balaban J connectivity index is 2.27. The largest absolute Gasteiger partial charge is 0.300 e. The SMILES string of the molecule is CC(=O)C1CC(C(C)(C)C)CC2C1CCC2(C)C. The second-order valence-corrected chi connectivity index (χ2v) is 8.55. The molecule has 0 bridgehead atoms. The second-order valence-electron chi connectivity index (χ2n) is 8.55. The zero-order valence-electron chi connectivity index (χ0n) is 13.0. The number of carbonyl (C=O) groups excluding carboxylic acids is 1. The standard InChI is InChI=1S/C17H30O/c1-11(18)14-9-12(16(2,3)4)10-15-13(14)7-8-17(15,5)6/h12-15H,7-10H2,1-6H3. The van der Waals surface area contributed by atoms with Crippen molar-refractivity contribution in [2.75, 3.05) is 0 Å². The summed E-state index contributed by atoms with van der Waals surface area (Å²) in [6.07, 6.45) is 5.06. The molecule has 0 saturated heterocycles. The fraction of sp³-hybridized carbons (Fsp3) is 0.941. The predicted octanol–water partition coefficient (Wildman–Crippen LogP) is 4.70. The summed E-state index contributed by atoms with van der Waals surface area (Å²) in [6.45, 7) is 13.7. The topological polar surface area (TPSA) is 17.1 Å². The van der Waals surface area contributed by atoms with Crippen LogP contribution >= 0.6 is 0 Å². The first-order valence-corrected chi connectivity index (χ1v) is 7.63. The van der Waals surface area contributed by atoms with E-state index in [0.29, 0.717) is 34.4 Å². The van der Waals surface area contributed by atoms with Crippen molar-refractivity contribution in [2.24, 2.45) is 34.5 Å². The van der Waals surface area contributed by atoms with E-state index in [1.807, 2.05) is 6.92 Å². The van der Waals surface area contributed by atoms with Crippen LogP contribution in [0.25, 0.3) is 0 Å². The van der Waals surface area contributed by atoms with E-state index in [0.717, 1.165) is 12.3 Å². The molecule has 18 heavy (non-hydrogen) atoms. The van der Waals surface area contributed by atoms with E-state index in [4.69, 9.17) is 0 Å². The fourth-order valence-electron chi connectivity index (χ4n) is 4.54. The normalized spacial score (nSPS) is 39.4. The Labute approximate surface area is 113 Å². The highest BCUT2D eigenvalue weighted by Gasteiger charge is 2.51. The molecule has 0 aliphatic heterocycles. The number of Topliss-reactive ketones (excluding diaryl/α,β-unsaturated/α-hetero) is 1. The molecular weight excluding hydrogens is 220 g/mol. The zero-order chi connectivity index (χ0) is 13.7. The third-order valence-electron chi connectivity index (χ3n) is 5.98. The van der Waals surface area contributed by atoms with Gasteiger partial charge in [0.05, 0.1) is 0 Å².